The van der Waals surface area contributed by atoms with Crippen molar-refractivity contribution in [3.63, 3.8) is 0 Å². The van der Waals surface area contributed by atoms with Gasteiger partial charge in [-0.15, -0.1) is 0 Å². The molecule has 1 aromatic heterocycles. The number of nitro groups is 1. The molecule has 114 valence electrons. The van der Waals surface area contributed by atoms with Crippen LogP contribution in [0, 0.1) is 10.1 Å². The fourth-order valence-electron chi connectivity index (χ4n) is 2.26. The predicted octanol–water partition coefficient (Wildman–Crippen LogP) is 0.780. The highest BCUT2D eigenvalue weighted by Crippen LogP contribution is 2.18. The first-order valence-electron chi connectivity index (χ1n) is 6.79. The first-order valence-corrected chi connectivity index (χ1v) is 6.79. The van der Waals surface area contributed by atoms with Gasteiger partial charge in [-0.25, -0.2) is 4.98 Å². The highest BCUT2D eigenvalue weighted by atomic mass is 16.6. The number of rotatable bonds is 5. The highest BCUT2D eigenvalue weighted by molar-refractivity contribution is 5.77. The van der Waals surface area contributed by atoms with Crippen molar-refractivity contribution in [3.8, 4) is 0 Å². The van der Waals surface area contributed by atoms with E-state index in [0.717, 1.165) is 25.6 Å². The molecule has 1 aliphatic rings. The fourth-order valence-corrected chi connectivity index (χ4v) is 2.26. The largest absolute Gasteiger partial charge is 0.378 e. The van der Waals surface area contributed by atoms with E-state index in [1.54, 1.807) is 0 Å². The van der Waals surface area contributed by atoms with E-state index < -0.39 is 4.92 Å². The molecule has 9 heteroatoms. The topological polar surface area (TPSA) is 127 Å². The van der Waals surface area contributed by atoms with E-state index >= 15 is 0 Å². The van der Waals surface area contributed by atoms with Crippen LogP contribution in [0.4, 0.5) is 17.5 Å². The minimum atomic E-state index is -0.631. The zero-order valence-electron chi connectivity index (χ0n) is 11.8. The van der Waals surface area contributed by atoms with Crippen LogP contribution < -0.4 is 11.1 Å². The van der Waals surface area contributed by atoms with Crippen molar-refractivity contribution < 1.29 is 9.72 Å². The Morgan fingerprint density at radius 3 is 2.95 bits per heavy atom. The first-order chi connectivity index (χ1) is 9.99. The molecule has 1 aromatic rings. The number of nitrogen functional groups attached to an aromatic ring is 1. The number of amides is 1. The van der Waals surface area contributed by atoms with Crippen LogP contribution in [-0.2, 0) is 4.79 Å². The number of hydrogen-bond acceptors (Lipinski definition) is 7. The van der Waals surface area contributed by atoms with Gasteiger partial charge >= 0.3 is 5.69 Å². The number of nitrogens with zero attached hydrogens (tertiary/aromatic N) is 4. The Bertz CT molecular complexity index is 550. The second kappa shape index (κ2) is 6.33. The van der Waals surface area contributed by atoms with Crippen LogP contribution in [0.1, 0.15) is 26.2 Å². The number of hydrogen-bond donors (Lipinski definition) is 2. The van der Waals surface area contributed by atoms with Gasteiger partial charge in [-0.1, -0.05) is 0 Å². The lowest BCUT2D eigenvalue weighted by molar-refractivity contribution is -0.384. The summed E-state index contributed by atoms with van der Waals surface area (Å²) < 4.78 is 0. The van der Waals surface area contributed by atoms with Gasteiger partial charge in [0.1, 0.15) is 6.20 Å². The number of nitrogens with two attached hydrogens (primary N) is 1. The fraction of sp³-hybridized carbons (Fsp3) is 0.583. The number of anilines is 2. The van der Waals surface area contributed by atoms with Gasteiger partial charge in [-0.3, -0.25) is 14.9 Å². The molecule has 1 fully saturated rings. The average molecular weight is 294 g/mol. The van der Waals surface area contributed by atoms with E-state index in [9.17, 15) is 14.9 Å². The summed E-state index contributed by atoms with van der Waals surface area (Å²) >= 11 is 0. The van der Waals surface area contributed by atoms with Crippen molar-refractivity contribution in [3.05, 3.63) is 16.3 Å². The SMILES string of the molecule is C[C@@H](CNc1ncc([N+](=O)[O-])c(N)n1)N1CCCCC1=O. The maximum atomic E-state index is 11.8. The number of likely N-dealkylation sites (tertiary alicyclic amines) is 1. The van der Waals surface area contributed by atoms with Crippen LogP contribution in [0.15, 0.2) is 6.20 Å². The third-order valence-electron chi connectivity index (χ3n) is 3.44. The maximum absolute atomic E-state index is 11.8. The lowest BCUT2D eigenvalue weighted by Gasteiger charge is -2.32. The van der Waals surface area contributed by atoms with Gasteiger partial charge in [0.05, 0.1) is 4.92 Å². The Kier molecular flexibility index (Phi) is 4.51. The van der Waals surface area contributed by atoms with Gasteiger partial charge in [-0.2, -0.15) is 4.98 Å². The van der Waals surface area contributed by atoms with Crippen molar-refractivity contribution in [2.24, 2.45) is 0 Å². The Balaban J connectivity index is 1.94. The molecular weight excluding hydrogens is 276 g/mol. The summed E-state index contributed by atoms with van der Waals surface area (Å²) in [5, 5.41) is 13.6. The van der Waals surface area contributed by atoms with Crippen LogP contribution in [0.25, 0.3) is 0 Å². The molecule has 1 saturated heterocycles. The van der Waals surface area contributed by atoms with Crippen molar-refractivity contribution in [1.82, 2.24) is 14.9 Å². The smallest absolute Gasteiger partial charge is 0.329 e. The zero-order chi connectivity index (χ0) is 15.4. The Morgan fingerprint density at radius 1 is 1.57 bits per heavy atom. The van der Waals surface area contributed by atoms with Gasteiger partial charge < -0.3 is 16.0 Å². The number of aromatic nitrogens is 2. The quantitative estimate of drug-likeness (QED) is 0.606. The molecular formula is C12H18N6O3. The monoisotopic (exact) mass is 294 g/mol. The third-order valence-corrected chi connectivity index (χ3v) is 3.44. The van der Waals surface area contributed by atoms with E-state index in [2.05, 4.69) is 15.3 Å². The summed E-state index contributed by atoms with van der Waals surface area (Å²) in [6, 6.07) is -0.00202. The molecule has 0 aromatic carbocycles. The van der Waals surface area contributed by atoms with E-state index in [-0.39, 0.29) is 29.4 Å². The molecule has 1 amide bonds. The van der Waals surface area contributed by atoms with Crippen molar-refractivity contribution in [2.45, 2.75) is 32.2 Å². The molecule has 2 rings (SSSR count). The average Bonchev–Trinajstić information content (AvgIpc) is 2.45. The highest BCUT2D eigenvalue weighted by Gasteiger charge is 2.23. The standard InChI is InChI=1S/C12H18N6O3/c1-8(17-5-3-2-4-10(17)19)6-14-12-15-7-9(18(20)21)11(13)16-12/h7-8H,2-6H2,1H3,(H3,13,14,15,16)/t8-/m0/s1. The molecule has 3 N–H and O–H groups in total. The van der Waals surface area contributed by atoms with Crippen LogP contribution in [0.2, 0.25) is 0 Å². The van der Waals surface area contributed by atoms with Gasteiger partial charge in [0.2, 0.25) is 17.7 Å². The molecule has 21 heavy (non-hydrogen) atoms. The van der Waals surface area contributed by atoms with E-state index in [1.807, 2.05) is 11.8 Å². The second-order valence-electron chi connectivity index (χ2n) is 5.00. The normalized spacial score (nSPS) is 16.6. The van der Waals surface area contributed by atoms with Gasteiger partial charge in [-0.05, 0) is 19.8 Å². The van der Waals surface area contributed by atoms with Crippen LogP contribution in [-0.4, -0.2) is 44.8 Å². The van der Waals surface area contributed by atoms with Crippen molar-refractivity contribution in [1.29, 1.82) is 0 Å². The number of carbonyl (C=O) groups is 1. The van der Waals surface area contributed by atoms with Gasteiger partial charge in [0.25, 0.3) is 0 Å². The summed E-state index contributed by atoms with van der Waals surface area (Å²) in [6.07, 6.45) is 3.61. The third kappa shape index (κ3) is 3.56. The van der Waals surface area contributed by atoms with Crippen LogP contribution in [0.5, 0.6) is 0 Å². The second-order valence-corrected chi connectivity index (χ2v) is 5.00. The maximum Gasteiger partial charge on any atom is 0.329 e. The minimum absolute atomic E-state index is 0.00202. The lowest BCUT2D eigenvalue weighted by atomic mass is 10.1. The molecule has 9 nitrogen and oxygen atoms in total. The Hall–Kier alpha value is -2.45. The zero-order valence-corrected chi connectivity index (χ0v) is 11.8. The molecule has 0 saturated carbocycles. The number of carbonyl (C=O) groups excluding carboxylic acids is 1. The van der Waals surface area contributed by atoms with E-state index in [0.29, 0.717) is 13.0 Å². The van der Waals surface area contributed by atoms with E-state index in [4.69, 9.17) is 5.73 Å². The van der Waals surface area contributed by atoms with Gasteiger partial charge in [0.15, 0.2) is 0 Å². The summed E-state index contributed by atoms with van der Waals surface area (Å²) in [6.45, 7) is 3.15. The van der Waals surface area contributed by atoms with Crippen molar-refractivity contribution in [2.75, 3.05) is 24.1 Å². The van der Waals surface area contributed by atoms with Crippen LogP contribution >= 0.6 is 0 Å². The summed E-state index contributed by atoms with van der Waals surface area (Å²) in [5.74, 6) is 0.188. The molecule has 0 spiro atoms. The Morgan fingerprint density at radius 2 is 2.33 bits per heavy atom. The van der Waals surface area contributed by atoms with E-state index in [1.165, 1.54) is 0 Å². The number of nitrogens with one attached hydrogen (secondary N) is 1. The minimum Gasteiger partial charge on any atom is -0.378 e. The number of piperidine rings is 1. The Labute approximate surface area is 121 Å². The molecule has 1 aliphatic heterocycles. The summed E-state index contributed by atoms with van der Waals surface area (Å²) in [5.41, 5.74) is 5.18. The predicted molar refractivity (Wildman–Crippen MR) is 76.6 cm³/mol. The van der Waals surface area contributed by atoms with Gasteiger partial charge in [0, 0.05) is 25.6 Å². The van der Waals surface area contributed by atoms with Crippen LogP contribution in [0.3, 0.4) is 0 Å². The molecule has 0 aliphatic carbocycles. The molecule has 0 radical (unpaired) electrons. The molecule has 0 bridgehead atoms. The lowest BCUT2D eigenvalue weighted by Crippen LogP contribution is -2.45. The molecule has 2 heterocycles. The summed E-state index contributed by atoms with van der Waals surface area (Å²) in [4.78, 5) is 31.3. The first kappa shape index (κ1) is 14.9. The van der Waals surface area contributed by atoms with Crippen molar-refractivity contribution >= 4 is 23.4 Å². The summed E-state index contributed by atoms with van der Waals surface area (Å²) in [7, 11) is 0. The molecule has 1 atom stereocenters. The molecule has 0 unspecified atom stereocenters.